The second-order valence-corrected chi connectivity index (χ2v) is 17.3. The third-order valence-electron chi connectivity index (χ3n) is 14.0. The molecular weight excluding hydrogens is 878 g/mol. The van der Waals surface area contributed by atoms with Crippen molar-refractivity contribution in [3.63, 3.8) is 0 Å². The molecule has 1 amide bonds. The fraction of sp³-hybridized carbons (Fsp3) is 0.842. The Labute approximate surface area is 360 Å². The summed E-state index contributed by atoms with van der Waals surface area (Å²) in [5.74, 6) is -5.44. The number of carboxylic acids is 5. The molecule has 0 saturated heterocycles. The molecule has 4 aliphatic carbocycles. The van der Waals surface area contributed by atoms with Crippen LogP contribution in [0.3, 0.4) is 0 Å². The first-order chi connectivity index (χ1) is 25.7. The van der Waals surface area contributed by atoms with Gasteiger partial charge < -0.3 is 41.1 Å². The van der Waals surface area contributed by atoms with Crippen molar-refractivity contribution in [2.45, 2.75) is 96.8 Å². The predicted molar refractivity (Wildman–Crippen MR) is 196 cm³/mol. The third kappa shape index (κ3) is 12.0. The predicted octanol–water partition coefficient (Wildman–Crippen LogP) is 0.817. The average molecular weight is 940 g/mol. The number of aliphatic hydroxyl groups is 2. The van der Waals surface area contributed by atoms with Crippen molar-refractivity contribution in [2.75, 3.05) is 58.9 Å². The van der Waals surface area contributed by atoms with E-state index in [0.29, 0.717) is 32.1 Å². The van der Waals surface area contributed by atoms with E-state index in [2.05, 4.69) is 26.1 Å². The van der Waals surface area contributed by atoms with Crippen LogP contribution in [-0.2, 0) is 28.8 Å². The van der Waals surface area contributed by atoms with Gasteiger partial charge in [-0.25, -0.2) is 0 Å². The second kappa shape index (κ2) is 20.8. The summed E-state index contributed by atoms with van der Waals surface area (Å²) in [5.41, 5.74) is -0.571. The number of carbonyl (C=O) groups excluding carboxylic acids is 1. The van der Waals surface area contributed by atoms with Gasteiger partial charge in [0, 0.05) is 38.6 Å². The molecule has 4 rings (SSSR count). The van der Waals surface area contributed by atoms with Gasteiger partial charge in [-0.05, 0) is 97.7 Å². The Morgan fingerprint density at radius 2 is 1.20 bits per heavy atom. The summed E-state index contributed by atoms with van der Waals surface area (Å²) < 4.78 is 0. The minimum absolute atomic E-state index is 0. The Kier molecular flexibility index (Phi) is 17.9. The van der Waals surface area contributed by atoms with E-state index in [0.717, 1.165) is 19.3 Å². The number of nitrogens with one attached hydrogen (secondary N) is 1. The summed E-state index contributed by atoms with van der Waals surface area (Å²) in [5, 5.41) is 73.2. The summed E-state index contributed by atoms with van der Waals surface area (Å²) in [7, 11) is 0. The smallest absolute Gasteiger partial charge is 0.481 e. The zero-order valence-corrected chi connectivity index (χ0v) is 35.0. The number of carbonyl (C=O) groups is 6. The normalized spacial score (nSPS) is 32.8. The Hall–Kier alpha value is -2.06. The maximum Gasteiger partial charge on any atom is 3.00 e. The SMILES string of the molecule is CC(CCC(=O)O)[C@H]1CCC2C3C(O)CC4C[C@@H](NC(=O)CN(CCN(CC(=O)O)CC(=O)O)CCN(CC(=O)O)CC(=O)O)CC[C@]4(C)C3C[C@H](O)[C@@]21C.[Gd+3]. The molecule has 8 N–H and O–H groups in total. The summed E-state index contributed by atoms with van der Waals surface area (Å²) in [6.07, 6.45) is 4.52. The zero-order chi connectivity index (χ0) is 40.8. The first-order valence-corrected chi connectivity index (χ1v) is 19.7. The molecule has 18 heteroatoms. The van der Waals surface area contributed by atoms with E-state index in [-0.39, 0.29) is 132 Å². The van der Waals surface area contributed by atoms with Crippen LogP contribution in [0.15, 0.2) is 0 Å². The number of aliphatic carboxylic acids is 5. The minimum Gasteiger partial charge on any atom is -0.481 e. The topological polar surface area (TPSA) is 266 Å². The Morgan fingerprint density at radius 3 is 1.70 bits per heavy atom. The monoisotopic (exact) mass is 940 g/mol. The first-order valence-electron chi connectivity index (χ1n) is 19.7. The van der Waals surface area contributed by atoms with Gasteiger partial charge in [0.15, 0.2) is 0 Å². The fourth-order valence-electron chi connectivity index (χ4n) is 11.3. The van der Waals surface area contributed by atoms with E-state index in [1.165, 1.54) is 9.80 Å². The molecule has 0 aromatic carbocycles. The van der Waals surface area contributed by atoms with Crippen molar-refractivity contribution in [1.29, 1.82) is 0 Å². The second-order valence-electron chi connectivity index (χ2n) is 17.3. The Morgan fingerprint density at radius 1 is 0.679 bits per heavy atom. The van der Waals surface area contributed by atoms with E-state index in [9.17, 15) is 64.5 Å². The van der Waals surface area contributed by atoms with Crippen molar-refractivity contribution in [3.05, 3.63) is 0 Å². The number of amides is 1. The van der Waals surface area contributed by atoms with Gasteiger partial charge in [-0.15, -0.1) is 0 Å². The van der Waals surface area contributed by atoms with Crippen molar-refractivity contribution in [2.24, 2.45) is 46.3 Å². The maximum atomic E-state index is 13.6. The molecule has 17 nitrogen and oxygen atoms in total. The Balaban J connectivity index is 0.00000841. The van der Waals surface area contributed by atoms with E-state index in [1.54, 1.807) is 4.90 Å². The first kappa shape index (κ1) is 48.3. The molecule has 317 valence electrons. The number of hydrogen-bond donors (Lipinski definition) is 8. The van der Waals surface area contributed by atoms with Crippen LogP contribution >= 0.6 is 0 Å². The van der Waals surface area contributed by atoms with Crippen LogP contribution in [0.2, 0.25) is 0 Å². The quantitative estimate of drug-likeness (QED) is 0.0792. The molecule has 1 radical (unpaired) electrons. The average Bonchev–Trinajstić information content (AvgIpc) is 3.43. The van der Waals surface area contributed by atoms with Crippen LogP contribution < -0.4 is 5.32 Å². The Bertz CT molecular complexity index is 1350. The van der Waals surface area contributed by atoms with Crippen molar-refractivity contribution in [3.8, 4) is 0 Å². The van der Waals surface area contributed by atoms with Gasteiger partial charge >= 0.3 is 69.8 Å². The fourth-order valence-corrected chi connectivity index (χ4v) is 11.3. The van der Waals surface area contributed by atoms with Gasteiger partial charge in [-0.2, -0.15) is 0 Å². The van der Waals surface area contributed by atoms with Crippen LogP contribution in [0.4, 0.5) is 0 Å². The van der Waals surface area contributed by atoms with Crippen LogP contribution in [0.1, 0.15) is 78.6 Å². The standard InChI is InChI=1S/C38H62N4O13.Gd/c1-22(4-7-31(46)47)25-5-6-26-36-27(16-29(44)38(25,26)3)37(2)9-8-24(14-23(37)15-28(36)43)39-30(45)17-40(10-12-41(18-32(48)49)19-33(50)51)11-13-42(20-34(52)53)21-35(54)55;/h22-29,36,43-44H,4-21H2,1-3H3,(H,39,45)(H,46,47)(H,48,49)(H,50,51)(H,52,53)(H,54,55);/q;+3/t22?,23?,24-,25+,26?,27?,28?,29-,36?,37-,38+;/m0./s1. The van der Waals surface area contributed by atoms with E-state index in [1.807, 2.05) is 0 Å². The van der Waals surface area contributed by atoms with E-state index in [4.69, 9.17) is 0 Å². The van der Waals surface area contributed by atoms with Gasteiger partial charge in [0.2, 0.25) is 5.91 Å². The number of carboxylic acid groups (broad SMARTS) is 5. The molecule has 0 spiro atoms. The molecule has 0 aromatic heterocycles. The molecule has 0 heterocycles. The van der Waals surface area contributed by atoms with Crippen molar-refractivity contribution in [1.82, 2.24) is 20.0 Å². The third-order valence-corrected chi connectivity index (χ3v) is 14.0. The van der Waals surface area contributed by atoms with Crippen LogP contribution in [0.5, 0.6) is 0 Å². The largest absolute Gasteiger partial charge is 3.00 e. The number of fused-ring (bicyclic) bond motifs is 5. The summed E-state index contributed by atoms with van der Waals surface area (Å²) in [6, 6.07) is -0.202. The van der Waals surface area contributed by atoms with Gasteiger partial charge in [-0.1, -0.05) is 20.8 Å². The molecule has 11 atom stereocenters. The van der Waals surface area contributed by atoms with Crippen LogP contribution in [0.25, 0.3) is 0 Å². The maximum absolute atomic E-state index is 13.6. The van der Waals surface area contributed by atoms with Gasteiger partial charge in [0.05, 0.1) is 44.9 Å². The summed E-state index contributed by atoms with van der Waals surface area (Å²) in [6.45, 7) is 4.21. The number of rotatable bonds is 21. The zero-order valence-electron chi connectivity index (χ0n) is 32.7. The number of nitrogens with zero attached hydrogens (tertiary/aromatic N) is 3. The van der Waals surface area contributed by atoms with Crippen molar-refractivity contribution >= 4 is 35.8 Å². The van der Waals surface area contributed by atoms with Crippen LogP contribution in [0, 0.1) is 86.3 Å². The van der Waals surface area contributed by atoms with Crippen LogP contribution in [-0.4, -0.2) is 163 Å². The molecule has 0 aromatic rings. The molecule has 0 bridgehead atoms. The van der Waals surface area contributed by atoms with Gasteiger partial charge in [0.1, 0.15) is 0 Å². The van der Waals surface area contributed by atoms with Gasteiger partial charge in [0.25, 0.3) is 0 Å². The van der Waals surface area contributed by atoms with Crippen molar-refractivity contribution < 1.29 is 104 Å². The molecule has 56 heavy (non-hydrogen) atoms. The molecule has 6 unspecified atom stereocenters. The molecule has 4 saturated carbocycles. The molecular formula is C38H62GdN4O13+3. The van der Waals surface area contributed by atoms with Gasteiger partial charge in [-0.3, -0.25) is 43.5 Å². The number of hydrogen-bond acceptors (Lipinski definition) is 11. The molecule has 4 fully saturated rings. The summed E-state index contributed by atoms with van der Waals surface area (Å²) >= 11 is 0. The van der Waals surface area contributed by atoms with E-state index < -0.39 is 73.6 Å². The van der Waals surface area contributed by atoms with E-state index >= 15 is 0 Å². The number of aliphatic hydroxyl groups excluding tert-OH is 2. The molecule has 4 aliphatic rings. The summed E-state index contributed by atoms with van der Waals surface area (Å²) in [4.78, 5) is 74.3. The minimum atomic E-state index is -1.23. The molecule has 0 aliphatic heterocycles.